The molecule has 0 amide bonds. The van der Waals surface area contributed by atoms with Gasteiger partial charge in [0.25, 0.3) is 0 Å². The molecule has 0 aliphatic carbocycles. The van der Waals surface area contributed by atoms with E-state index in [0.717, 1.165) is 114 Å². The molecule has 0 unspecified atom stereocenters. The summed E-state index contributed by atoms with van der Waals surface area (Å²) in [6.45, 7) is 5.64. The van der Waals surface area contributed by atoms with Crippen LogP contribution < -0.4 is 14.2 Å². The summed E-state index contributed by atoms with van der Waals surface area (Å²) >= 11 is 0. The summed E-state index contributed by atoms with van der Waals surface area (Å²) in [5.74, 6) is 2.48. The molecule has 0 bridgehead atoms. The van der Waals surface area contributed by atoms with Gasteiger partial charge in [0.05, 0.1) is 33.0 Å². The van der Waals surface area contributed by atoms with Crippen LogP contribution in [0, 0.1) is 0 Å². The lowest BCUT2D eigenvalue weighted by Gasteiger charge is -2.18. The number of benzene rings is 3. The van der Waals surface area contributed by atoms with E-state index in [1.165, 1.54) is 116 Å². The van der Waals surface area contributed by atoms with E-state index >= 15 is 0 Å². The van der Waals surface area contributed by atoms with Gasteiger partial charge in [-0.2, -0.15) is 0 Å². The molecule has 0 aromatic heterocycles. The van der Waals surface area contributed by atoms with Crippen LogP contribution >= 0.6 is 0 Å². The predicted molar refractivity (Wildman–Crippen MR) is 254 cm³/mol. The molecule has 0 atom stereocenters. The zero-order chi connectivity index (χ0) is 44.5. The third kappa shape index (κ3) is 29.1. The molecule has 9 nitrogen and oxygen atoms in total. The maximum absolute atomic E-state index is 10.8. The van der Waals surface area contributed by atoms with E-state index in [-0.39, 0.29) is 6.10 Å². The minimum absolute atomic E-state index is 0.0189. The molecule has 0 heterocycles. The van der Waals surface area contributed by atoms with E-state index in [1.54, 1.807) is 36.4 Å². The number of rotatable bonds is 44. The number of ether oxygens (including phenoxy) is 6. The van der Waals surface area contributed by atoms with Gasteiger partial charge in [-0.1, -0.05) is 116 Å². The van der Waals surface area contributed by atoms with E-state index in [4.69, 9.17) is 28.4 Å². The summed E-state index contributed by atoms with van der Waals surface area (Å²) in [6.07, 6.45) is 31.0. The molecule has 350 valence electrons. The smallest absolute Gasteiger partial charge is 0.150 e. The van der Waals surface area contributed by atoms with Crippen molar-refractivity contribution in [1.82, 2.24) is 0 Å². The second-order valence-corrected chi connectivity index (χ2v) is 16.7. The fraction of sp³-hybridized carbons (Fsp3) is 0.611. The maximum atomic E-state index is 10.8. The summed E-state index contributed by atoms with van der Waals surface area (Å²) in [6, 6.07) is 21.9. The monoisotopic (exact) mass is 873 g/mol. The van der Waals surface area contributed by atoms with Crippen molar-refractivity contribution in [3.63, 3.8) is 0 Å². The zero-order valence-corrected chi connectivity index (χ0v) is 38.5. The van der Waals surface area contributed by atoms with Gasteiger partial charge in [-0.05, 0) is 111 Å². The fourth-order valence-corrected chi connectivity index (χ4v) is 7.32. The molecule has 0 aliphatic heterocycles. The quantitative estimate of drug-likeness (QED) is 0.0405. The summed E-state index contributed by atoms with van der Waals surface area (Å²) in [7, 11) is 0. The Morgan fingerprint density at radius 3 is 0.810 bits per heavy atom. The first-order valence-corrected chi connectivity index (χ1v) is 24.5. The molecule has 0 saturated heterocycles. The lowest BCUT2D eigenvalue weighted by Crippen LogP contribution is -2.26. The second-order valence-electron chi connectivity index (χ2n) is 16.7. The molecular formula is C54H80O9. The van der Waals surface area contributed by atoms with E-state index in [1.807, 2.05) is 36.4 Å². The topological polar surface area (TPSA) is 107 Å². The van der Waals surface area contributed by atoms with Crippen molar-refractivity contribution in [1.29, 1.82) is 0 Å². The van der Waals surface area contributed by atoms with Gasteiger partial charge in [-0.3, -0.25) is 14.4 Å². The third-order valence-corrected chi connectivity index (χ3v) is 11.2. The Morgan fingerprint density at radius 2 is 0.540 bits per heavy atom. The van der Waals surface area contributed by atoms with E-state index in [2.05, 4.69) is 0 Å². The third-order valence-electron chi connectivity index (χ3n) is 11.2. The van der Waals surface area contributed by atoms with Gasteiger partial charge in [0, 0.05) is 36.5 Å². The molecule has 3 aromatic carbocycles. The number of hydrogen-bond donors (Lipinski definition) is 0. The van der Waals surface area contributed by atoms with E-state index in [0.29, 0.717) is 29.9 Å². The molecule has 63 heavy (non-hydrogen) atoms. The van der Waals surface area contributed by atoms with Crippen LogP contribution in [0.4, 0.5) is 0 Å². The van der Waals surface area contributed by atoms with Crippen LogP contribution in [-0.4, -0.2) is 77.8 Å². The fourth-order valence-electron chi connectivity index (χ4n) is 7.32. The number of hydrogen-bond acceptors (Lipinski definition) is 9. The van der Waals surface area contributed by atoms with Crippen LogP contribution in [0.1, 0.15) is 185 Å². The van der Waals surface area contributed by atoms with Crippen LogP contribution in [0.2, 0.25) is 0 Å². The predicted octanol–water partition coefficient (Wildman–Crippen LogP) is 13.4. The van der Waals surface area contributed by atoms with Crippen molar-refractivity contribution >= 4 is 18.9 Å². The number of unbranched alkanes of at least 4 members (excludes halogenated alkanes) is 21. The normalized spacial score (nSPS) is 11.2. The Kier molecular flexibility index (Phi) is 32.5. The highest BCUT2D eigenvalue weighted by Gasteiger charge is 2.10. The van der Waals surface area contributed by atoms with Crippen molar-refractivity contribution in [2.75, 3.05) is 52.9 Å². The molecular weight excluding hydrogens is 793 g/mol. The average Bonchev–Trinajstić information content (AvgIpc) is 3.32. The first-order chi connectivity index (χ1) is 31.2. The molecule has 0 N–H and O–H groups in total. The van der Waals surface area contributed by atoms with Crippen molar-refractivity contribution in [2.45, 2.75) is 160 Å². The molecule has 3 rings (SSSR count). The van der Waals surface area contributed by atoms with Gasteiger partial charge in [-0.25, -0.2) is 0 Å². The molecule has 9 heteroatoms. The Labute approximate surface area is 380 Å². The molecule has 3 aromatic rings. The molecule has 0 spiro atoms. The summed E-state index contributed by atoms with van der Waals surface area (Å²) in [4.78, 5) is 32.4. The molecule has 0 aliphatic rings. The minimum atomic E-state index is -0.0189. The number of aldehydes is 3. The summed E-state index contributed by atoms with van der Waals surface area (Å²) < 4.78 is 35.9. The SMILES string of the molecule is O=Cc1ccc(OCCCCCCCCCCOCC(COCCCCCCCCCCOc2ccc(C=O)cc2)OCCCCCCCCCCOc2ccc(C=O)cc2)cc1. The lowest BCUT2D eigenvalue weighted by molar-refractivity contribution is -0.0616. The standard InChI is InChI=1S/C54H80O9/c55-43-48-25-31-51(32-26-48)60-39-21-15-9-3-1-7-13-19-37-58-46-54(63-42-24-18-12-6-5-11-17-23-41-62-53-35-29-50(45-57)30-36-53)47-59-38-20-14-8-2-4-10-16-22-40-61-52-33-27-49(44-56)28-34-52/h25-36,43-45,54H,1-24,37-42,46-47H2. The minimum Gasteiger partial charge on any atom is -0.494 e. The van der Waals surface area contributed by atoms with Crippen LogP contribution in [0.3, 0.4) is 0 Å². The van der Waals surface area contributed by atoms with Crippen molar-refractivity contribution in [3.8, 4) is 17.2 Å². The van der Waals surface area contributed by atoms with Crippen molar-refractivity contribution in [2.24, 2.45) is 0 Å². The van der Waals surface area contributed by atoms with Crippen LogP contribution in [0.5, 0.6) is 17.2 Å². The Hall–Kier alpha value is -4.05. The second kappa shape index (κ2) is 38.4. The Bertz CT molecular complexity index is 1430. The molecule has 0 radical (unpaired) electrons. The van der Waals surface area contributed by atoms with Crippen LogP contribution in [0.15, 0.2) is 72.8 Å². The summed E-state index contributed by atoms with van der Waals surface area (Å²) in [5, 5.41) is 0. The Morgan fingerprint density at radius 1 is 0.302 bits per heavy atom. The highest BCUT2D eigenvalue weighted by molar-refractivity contribution is 5.75. The van der Waals surface area contributed by atoms with Gasteiger partial charge in [0.2, 0.25) is 0 Å². The van der Waals surface area contributed by atoms with Gasteiger partial charge in [-0.15, -0.1) is 0 Å². The zero-order valence-electron chi connectivity index (χ0n) is 38.5. The van der Waals surface area contributed by atoms with Gasteiger partial charge in [0.15, 0.2) is 0 Å². The van der Waals surface area contributed by atoms with E-state index < -0.39 is 0 Å². The highest BCUT2D eigenvalue weighted by Crippen LogP contribution is 2.17. The lowest BCUT2D eigenvalue weighted by atomic mass is 10.1. The first-order valence-electron chi connectivity index (χ1n) is 24.5. The highest BCUT2D eigenvalue weighted by atomic mass is 16.6. The molecule has 0 fully saturated rings. The number of carbonyl (C=O) groups excluding carboxylic acids is 3. The Balaban J connectivity index is 1.16. The summed E-state index contributed by atoms with van der Waals surface area (Å²) in [5.41, 5.74) is 2.02. The van der Waals surface area contributed by atoms with Gasteiger partial charge in [0.1, 0.15) is 42.2 Å². The van der Waals surface area contributed by atoms with Gasteiger partial charge < -0.3 is 28.4 Å². The van der Waals surface area contributed by atoms with Gasteiger partial charge >= 0.3 is 0 Å². The van der Waals surface area contributed by atoms with Crippen LogP contribution in [0.25, 0.3) is 0 Å². The number of carbonyl (C=O) groups is 3. The largest absolute Gasteiger partial charge is 0.494 e. The molecule has 0 saturated carbocycles. The van der Waals surface area contributed by atoms with E-state index in [9.17, 15) is 14.4 Å². The van der Waals surface area contributed by atoms with Crippen molar-refractivity contribution < 1.29 is 42.8 Å². The average molecular weight is 873 g/mol. The first kappa shape index (κ1) is 53.3. The van der Waals surface area contributed by atoms with Crippen LogP contribution in [-0.2, 0) is 14.2 Å². The maximum Gasteiger partial charge on any atom is 0.150 e. The van der Waals surface area contributed by atoms with Crippen molar-refractivity contribution in [3.05, 3.63) is 89.5 Å².